The number of benzene rings is 2. The topological polar surface area (TPSA) is 21.3 Å². The molecule has 0 amide bonds. The van der Waals surface area contributed by atoms with Crippen molar-refractivity contribution >= 4 is 0 Å². The van der Waals surface area contributed by atoms with Crippen molar-refractivity contribution in [3.8, 4) is 11.5 Å². The molecule has 0 aliphatic carbocycles. The Bertz CT molecular complexity index is 518. The quantitative estimate of drug-likeness (QED) is 0.895. The number of rotatable bonds is 4. The smallest absolute Gasteiger partial charge is 0.127 e. The van der Waals surface area contributed by atoms with Gasteiger partial charge in [0, 0.05) is 6.04 Å². The summed E-state index contributed by atoms with van der Waals surface area (Å²) < 4.78 is 5.86. The summed E-state index contributed by atoms with van der Waals surface area (Å²) in [4.78, 5) is 0. The SMILES string of the molecule is c1ccc(Oc2cccc(C[C@@H]3CCCN3)c2)cc1. The maximum absolute atomic E-state index is 5.86. The zero-order valence-electron chi connectivity index (χ0n) is 11.0. The highest BCUT2D eigenvalue weighted by Crippen LogP contribution is 2.23. The first-order chi connectivity index (χ1) is 9.40. The van der Waals surface area contributed by atoms with Crippen molar-refractivity contribution in [2.45, 2.75) is 25.3 Å². The Morgan fingerprint density at radius 1 is 1.00 bits per heavy atom. The van der Waals surface area contributed by atoms with Gasteiger partial charge in [-0.15, -0.1) is 0 Å². The molecule has 0 spiro atoms. The first-order valence-electron chi connectivity index (χ1n) is 6.95. The van der Waals surface area contributed by atoms with Crippen LogP contribution in [-0.2, 0) is 6.42 Å². The zero-order valence-corrected chi connectivity index (χ0v) is 11.0. The standard InChI is InChI=1S/C17H19NO/c1-2-8-16(9-3-1)19-17-10-4-6-14(13-17)12-15-7-5-11-18-15/h1-4,6,8-10,13,15,18H,5,7,11-12H2/t15-/m0/s1. The maximum Gasteiger partial charge on any atom is 0.127 e. The van der Waals surface area contributed by atoms with E-state index in [1.165, 1.54) is 18.4 Å². The summed E-state index contributed by atoms with van der Waals surface area (Å²) in [6, 6.07) is 19.0. The Balaban J connectivity index is 1.69. The molecule has 0 saturated carbocycles. The highest BCUT2D eigenvalue weighted by atomic mass is 16.5. The van der Waals surface area contributed by atoms with E-state index in [2.05, 4.69) is 23.5 Å². The Labute approximate surface area is 114 Å². The summed E-state index contributed by atoms with van der Waals surface area (Å²) >= 11 is 0. The maximum atomic E-state index is 5.86. The van der Waals surface area contributed by atoms with Gasteiger partial charge in [0.2, 0.25) is 0 Å². The van der Waals surface area contributed by atoms with Gasteiger partial charge in [0.05, 0.1) is 0 Å². The van der Waals surface area contributed by atoms with E-state index in [0.717, 1.165) is 24.5 Å². The summed E-state index contributed by atoms with van der Waals surface area (Å²) in [7, 11) is 0. The van der Waals surface area contributed by atoms with Crippen molar-refractivity contribution < 1.29 is 4.74 Å². The molecule has 0 aromatic heterocycles. The van der Waals surface area contributed by atoms with Crippen LogP contribution in [0.2, 0.25) is 0 Å². The minimum Gasteiger partial charge on any atom is -0.457 e. The Kier molecular flexibility index (Phi) is 3.80. The molecule has 2 heteroatoms. The molecule has 1 fully saturated rings. The van der Waals surface area contributed by atoms with E-state index in [4.69, 9.17) is 4.74 Å². The third-order valence-corrected chi connectivity index (χ3v) is 3.52. The summed E-state index contributed by atoms with van der Waals surface area (Å²) in [5, 5.41) is 3.53. The van der Waals surface area contributed by atoms with Gasteiger partial charge < -0.3 is 10.1 Å². The number of hydrogen-bond donors (Lipinski definition) is 1. The molecule has 0 radical (unpaired) electrons. The third kappa shape index (κ3) is 3.36. The van der Waals surface area contributed by atoms with Crippen molar-refractivity contribution in [1.29, 1.82) is 0 Å². The molecule has 0 bridgehead atoms. The summed E-state index contributed by atoms with van der Waals surface area (Å²) in [5.41, 5.74) is 1.34. The van der Waals surface area contributed by atoms with Gasteiger partial charge in [0.25, 0.3) is 0 Å². The molecular weight excluding hydrogens is 234 g/mol. The van der Waals surface area contributed by atoms with Crippen molar-refractivity contribution in [2.75, 3.05) is 6.54 Å². The van der Waals surface area contributed by atoms with Crippen LogP contribution in [0.15, 0.2) is 54.6 Å². The van der Waals surface area contributed by atoms with Crippen LogP contribution in [0.3, 0.4) is 0 Å². The van der Waals surface area contributed by atoms with Crippen LogP contribution < -0.4 is 10.1 Å². The lowest BCUT2D eigenvalue weighted by Crippen LogP contribution is -2.23. The molecule has 1 N–H and O–H groups in total. The van der Waals surface area contributed by atoms with E-state index < -0.39 is 0 Å². The third-order valence-electron chi connectivity index (χ3n) is 3.52. The zero-order chi connectivity index (χ0) is 12.9. The molecule has 1 aliphatic rings. The minimum absolute atomic E-state index is 0.631. The van der Waals surface area contributed by atoms with Gasteiger partial charge in [-0.05, 0) is 55.6 Å². The Morgan fingerprint density at radius 2 is 1.84 bits per heavy atom. The fourth-order valence-corrected chi connectivity index (χ4v) is 2.58. The van der Waals surface area contributed by atoms with Crippen molar-refractivity contribution in [3.05, 3.63) is 60.2 Å². The largest absolute Gasteiger partial charge is 0.457 e. The van der Waals surface area contributed by atoms with E-state index >= 15 is 0 Å². The van der Waals surface area contributed by atoms with E-state index in [1.54, 1.807) is 0 Å². The van der Waals surface area contributed by atoms with E-state index in [0.29, 0.717) is 6.04 Å². The fraction of sp³-hybridized carbons (Fsp3) is 0.294. The molecule has 0 unspecified atom stereocenters. The molecule has 1 saturated heterocycles. The average Bonchev–Trinajstić information content (AvgIpc) is 2.93. The van der Waals surface area contributed by atoms with E-state index in [-0.39, 0.29) is 0 Å². The van der Waals surface area contributed by atoms with Crippen LogP contribution in [0, 0.1) is 0 Å². The van der Waals surface area contributed by atoms with Gasteiger partial charge >= 0.3 is 0 Å². The van der Waals surface area contributed by atoms with E-state index in [1.807, 2.05) is 36.4 Å². The molecule has 3 rings (SSSR count). The highest BCUT2D eigenvalue weighted by molar-refractivity contribution is 5.34. The lowest BCUT2D eigenvalue weighted by atomic mass is 10.0. The van der Waals surface area contributed by atoms with Gasteiger partial charge in [-0.3, -0.25) is 0 Å². The minimum atomic E-state index is 0.631. The molecular formula is C17H19NO. The first kappa shape index (κ1) is 12.2. The van der Waals surface area contributed by atoms with Gasteiger partial charge in [0.15, 0.2) is 0 Å². The summed E-state index contributed by atoms with van der Waals surface area (Å²) in [6.07, 6.45) is 3.67. The molecule has 1 aliphatic heterocycles. The highest BCUT2D eigenvalue weighted by Gasteiger charge is 2.14. The van der Waals surface area contributed by atoms with Gasteiger partial charge in [-0.2, -0.15) is 0 Å². The number of nitrogens with one attached hydrogen (secondary N) is 1. The van der Waals surface area contributed by atoms with Crippen LogP contribution in [-0.4, -0.2) is 12.6 Å². The Hall–Kier alpha value is -1.80. The molecule has 2 nitrogen and oxygen atoms in total. The second-order valence-electron chi connectivity index (χ2n) is 5.06. The lowest BCUT2D eigenvalue weighted by molar-refractivity contribution is 0.481. The van der Waals surface area contributed by atoms with Gasteiger partial charge in [-0.1, -0.05) is 30.3 Å². The van der Waals surface area contributed by atoms with Crippen molar-refractivity contribution in [2.24, 2.45) is 0 Å². The first-order valence-corrected chi connectivity index (χ1v) is 6.95. The average molecular weight is 253 g/mol. The van der Waals surface area contributed by atoms with Gasteiger partial charge in [0.1, 0.15) is 11.5 Å². The van der Waals surface area contributed by atoms with Crippen molar-refractivity contribution in [3.63, 3.8) is 0 Å². The van der Waals surface area contributed by atoms with Crippen LogP contribution >= 0.6 is 0 Å². The molecule has 98 valence electrons. The second-order valence-corrected chi connectivity index (χ2v) is 5.06. The number of ether oxygens (including phenoxy) is 1. The normalized spacial score (nSPS) is 18.4. The predicted octanol–water partition coefficient (Wildman–Crippen LogP) is 3.77. The van der Waals surface area contributed by atoms with Crippen LogP contribution in [0.25, 0.3) is 0 Å². The number of hydrogen-bond acceptors (Lipinski definition) is 2. The molecule has 1 atom stereocenters. The lowest BCUT2D eigenvalue weighted by Gasteiger charge is -2.11. The molecule has 2 aromatic rings. The predicted molar refractivity (Wildman–Crippen MR) is 77.7 cm³/mol. The summed E-state index contributed by atoms with van der Waals surface area (Å²) in [5.74, 6) is 1.81. The van der Waals surface area contributed by atoms with E-state index in [9.17, 15) is 0 Å². The molecule has 2 aromatic carbocycles. The van der Waals surface area contributed by atoms with Crippen molar-refractivity contribution in [1.82, 2.24) is 5.32 Å². The second kappa shape index (κ2) is 5.89. The van der Waals surface area contributed by atoms with Crippen LogP contribution in [0.1, 0.15) is 18.4 Å². The van der Waals surface area contributed by atoms with Crippen LogP contribution in [0.4, 0.5) is 0 Å². The molecule has 19 heavy (non-hydrogen) atoms. The number of para-hydroxylation sites is 1. The summed E-state index contributed by atoms with van der Waals surface area (Å²) in [6.45, 7) is 1.16. The van der Waals surface area contributed by atoms with Crippen LogP contribution in [0.5, 0.6) is 11.5 Å². The molecule has 1 heterocycles. The van der Waals surface area contributed by atoms with Gasteiger partial charge in [-0.25, -0.2) is 0 Å². The Morgan fingerprint density at radius 3 is 2.63 bits per heavy atom. The monoisotopic (exact) mass is 253 g/mol. The fourth-order valence-electron chi connectivity index (χ4n) is 2.58.